The van der Waals surface area contributed by atoms with Crippen LogP contribution in [0, 0.1) is 5.92 Å². The van der Waals surface area contributed by atoms with Gasteiger partial charge < -0.3 is 5.73 Å². The third-order valence-corrected chi connectivity index (χ3v) is 4.68. The summed E-state index contributed by atoms with van der Waals surface area (Å²) >= 11 is 0. The average molecular weight is 224 g/mol. The van der Waals surface area contributed by atoms with Crippen molar-refractivity contribution in [1.29, 1.82) is 0 Å². The van der Waals surface area contributed by atoms with Crippen LogP contribution in [0.3, 0.4) is 0 Å². The third kappa shape index (κ3) is 2.78. The molecule has 0 radical (unpaired) electrons. The van der Waals surface area contributed by atoms with Gasteiger partial charge in [0.05, 0.1) is 0 Å². The molecule has 0 bridgehead atoms. The molecule has 1 aliphatic carbocycles. The second-order valence-electron chi connectivity index (χ2n) is 5.77. The smallest absolute Gasteiger partial charge is 0.0126 e. The molecule has 2 heteroatoms. The minimum Gasteiger partial charge on any atom is -0.330 e. The van der Waals surface area contributed by atoms with E-state index in [4.69, 9.17) is 5.73 Å². The van der Waals surface area contributed by atoms with Crippen molar-refractivity contribution in [3.63, 3.8) is 0 Å². The highest BCUT2D eigenvalue weighted by molar-refractivity contribution is 4.89. The van der Waals surface area contributed by atoms with Gasteiger partial charge in [0.2, 0.25) is 0 Å². The van der Waals surface area contributed by atoms with Crippen LogP contribution in [-0.2, 0) is 0 Å². The van der Waals surface area contributed by atoms with Crippen LogP contribution in [0.1, 0.15) is 58.3 Å². The van der Waals surface area contributed by atoms with Gasteiger partial charge in [-0.2, -0.15) is 0 Å². The van der Waals surface area contributed by atoms with E-state index in [1.54, 1.807) is 0 Å². The minimum absolute atomic E-state index is 0.759. The van der Waals surface area contributed by atoms with Gasteiger partial charge in [0.15, 0.2) is 0 Å². The Morgan fingerprint density at radius 3 is 2.75 bits per heavy atom. The number of likely N-dealkylation sites (tertiary alicyclic amines) is 1. The van der Waals surface area contributed by atoms with Gasteiger partial charge in [-0.25, -0.2) is 0 Å². The van der Waals surface area contributed by atoms with E-state index in [9.17, 15) is 0 Å². The van der Waals surface area contributed by atoms with Crippen molar-refractivity contribution in [3.05, 3.63) is 0 Å². The Kier molecular flexibility index (Phi) is 4.66. The summed E-state index contributed by atoms with van der Waals surface area (Å²) < 4.78 is 0. The monoisotopic (exact) mass is 224 g/mol. The number of piperidine rings is 1. The maximum atomic E-state index is 5.62. The molecule has 94 valence electrons. The number of rotatable bonds is 4. The lowest BCUT2D eigenvalue weighted by atomic mass is 9.77. The first-order valence-corrected chi connectivity index (χ1v) is 7.28. The first-order valence-electron chi connectivity index (χ1n) is 7.28. The molecule has 0 spiro atoms. The van der Waals surface area contributed by atoms with Crippen molar-refractivity contribution in [2.75, 3.05) is 13.1 Å². The Labute approximate surface area is 101 Å². The summed E-state index contributed by atoms with van der Waals surface area (Å²) in [6.45, 7) is 4.60. The lowest BCUT2D eigenvalue weighted by Gasteiger charge is -2.47. The molecule has 1 saturated heterocycles. The number of nitrogens with two attached hydrogens (primary N) is 1. The summed E-state index contributed by atoms with van der Waals surface area (Å²) in [6.07, 6.45) is 11.3. The molecule has 0 aromatic carbocycles. The number of nitrogens with zero attached hydrogens (tertiary/aromatic N) is 1. The quantitative estimate of drug-likeness (QED) is 0.795. The highest BCUT2D eigenvalue weighted by Gasteiger charge is 2.34. The SMILES string of the molecule is CC(CCCN)N1CCCC2CCCCC21. The van der Waals surface area contributed by atoms with Crippen LogP contribution in [0.25, 0.3) is 0 Å². The van der Waals surface area contributed by atoms with E-state index in [0.29, 0.717) is 0 Å². The highest BCUT2D eigenvalue weighted by Crippen LogP contribution is 2.36. The number of fused-ring (bicyclic) bond motifs is 1. The molecule has 2 nitrogen and oxygen atoms in total. The standard InChI is InChI=1S/C14H28N2/c1-12(6-4-10-15)16-11-5-8-13-7-2-3-9-14(13)16/h12-14H,2-11,15H2,1H3. The molecular weight excluding hydrogens is 196 g/mol. The molecule has 2 fully saturated rings. The van der Waals surface area contributed by atoms with Crippen molar-refractivity contribution in [2.45, 2.75) is 70.4 Å². The van der Waals surface area contributed by atoms with Gasteiger partial charge in [-0.15, -0.1) is 0 Å². The summed E-state index contributed by atoms with van der Waals surface area (Å²) in [5.74, 6) is 1.02. The van der Waals surface area contributed by atoms with E-state index >= 15 is 0 Å². The molecule has 0 aromatic heterocycles. The molecule has 2 aliphatic rings. The summed E-state index contributed by atoms with van der Waals surface area (Å²) in [7, 11) is 0. The molecule has 1 heterocycles. The zero-order valence-corrected chi connectivity index (χ0v) is 10.8. The fraction of sp³-hybridized carbons (Fsp3) is 1.00. The molecule has 3 unspecified atom stereocenters. The fourth-order valence-corrected chi connectivity index (χ4v) is 3.79. The van der Waals surface area contributed by atoms with Crippen LogP contribution in [-0.4, -0.2) is 30.1 Å². The maximum absolute atomic E-state index is 5.62. The van der Waals surface area contributed by atoms with Gasteiger partial charge in [-0.1, -0.05) is 12.8 Å². The largest absolute Gasteiger partial charge is 0.330 e. The Hall–Kier alpha value is -0.0800. The minimum atomic E-state index is 0.759. The van der Waals surface area contributed by atoms with Crippen LogP contribution in [0.4, 0.5) is 0 Å². The molecule has 0 amide bonds. The third-order valence-electron chi connectivity index (χ3n) is 4.68. The average Bonchev–Trinajstić information content (AvgIpc) is 2.35. The van der Waals surface area contributed by atoms with Crippen molar-refractivity contribution in [2.24, 2.45) is 11.7 Å². The van der Waals surface area contributed by atoms with E-state index in [-0.39, 0.29) is 0 Å². The van der Waals surface area contributed by atoms with Gasteiger partial charge in [0.1, 0.15) is 0 Å². The van der Waals surface area contributed by atoms with Crippen molar-refractivity contribution in [3.8, 4) is 0 Å². The van der Waals surface area contributed by atoms with E-state index in [0.717, 1.165) is 24.5 Å². The van der Waals surface area contributed by atoms with Gasteiger partial charge in [-0.05, 0) is 64.5 Å². The predicted octanol–water partition coefficient (Wildman–Crippen LogP) is 2.77. The molecule has 2 rings (SSSR count). The number of hydrogen-bond acceptors (Lipinski definition) is 2. The van der Waals surface area contributed by atoms with E-state index in [1.165, 1.54) is 57.9 Å². The summed E-state index contributed by atoms with van der Waals surface area (Å²) in [4.78, 5) is 2.81. The zero-order valence-electron chi connectivity index (χ0n) is 10.8. The van der Waals surface area contributed by atoms with Gasteiger partial charge >= 0.3 is 0 Å². The summed E-state index contributed by atoms with van der Waals surface area (Å²) in [5, 5.41) is 0. The molecule has 3 atom stereocenters. The first-order chi connectivity index (χ1) is 7.83. The van der Waals surface area contributed by atoms with Crippen LogP contribution in [0.2, 0.25) is 0 Å². The van der Waals surface area contributed by atoms with Crippen molar-refractivity contribution >= 4 is 0 Å². The molecule has 0 aromatic rings. The molecular formula is C14H28N2. The van der Waals surface area contributed by atoms with Crippen LogP contribution in [0.5, 0.6) is 0 Å². The first kappa shape index (κ1) is 12.4. The topological polar surface area (TPSA) is 29.3 Å². The van der Waals surface area contributed by atoms with Gasteiger partial charge in [-0.3, -0.25) is 4.90 Å². The van der Waals surface area contributed by atoms with Crippen molar-refractivity contribution in [1.82, 2.24) is 4.90 Å². The molecule has 1 aliphatic heterocycles. The van der Waals surface area contributed by atoms with E-state index in [1.807, 2.05) is 0 Å². The summed E-state index contributed by atoms with van der Waals surface area (Å²) in [5.41, 5.74) is 5.62. The fourth-order valence-electron chi connectivity index (χ4n) is 3.79. The Morgan fingerprint density at radius 1 is 1.19 bits per heavy atom. The molecule has 16 heavy (non-hydrogen) atoms. The summed E-state index contributed by atoms with van der Waals surface area (Å²) in [6, 6.07) is 1.67. The Morgan fingerprint density at radius 2 is 1.94 bits per heavy atom. The lowest BCUT2D eigenvalue weighted by molar-refractivity contribution is 0.0284. The predicted molar refractivity (Wildman–Crippen MR) is 69.4 cm³/mol. The normalized spacial score (nSPS) is 33.4. The highest BCUT2D eigenvalue weighted by atomic mass is 15.2. The van der Waals surface area contributed by atoms with Crippen LogP contribution >= 0.6 is 0 Å². The Bertz CT molecular complexity index is 203. The van der Waals surface area contributed by atoms with Gasteiger partial charge in [0.25, 0.3) is 0 Å². The van der Waals surface area contributed by atoms with E-state index < -0.39 is 0 Å². The van der Waals surface area contributed by atoms with Crippen LogP contribution in [0.15, 0.2) is 0 Å². The second-order valence-corrected chi connectivity index (χ2v) is 5.77. The Balaban J connectivity index is 1.91. The molecule has 2 N–H and O–H groups in total. The molecule has 1 saturated carbocycles. The lowest BCUT2D eigenvalue weighted by Crippen LogP contribution is -2.50. The zero-order chi connectivity index (χ0) is 11.4. The second kappa shape index (κ2) is 6.02. The van der Waals surface area contributed by atoms with Crippen LogP contribution < -0.4 is 5.73 Å². The number of hydrogen-bond donors (Lipinski definition) is 1. The van der Waals surface area contributed by atoms with Gasteiger partial charge in [0, 0.05) is 12.1 Å². The van der Waals surface area contributed by atoms with E-state index in [2.05, 4.69) is 11.8 Å². The van der Waals surface area contributed by atoms with Crippen molar-refractivity contribution < 1.29 is 0 Å². The maximum Gasteiger partial charge on any atom is 0.0126 e.